The third kappa shape index (κ3) is 4.19. The van der Waals surface area contributed by atoms with Crippen LogP contribution in [-0.2, 0) is 6.54 Å². The van der Waals surface area contributed by atoms with Crippen molar-refractivity contribution in [1.82, 2.24) is 5.32 Å². The lowest BCUT2D eigenvalue weighted by molar-refractivity contribution is 0.0950. The van der Waals surface area contributed by atoms with E-state index in [1.807, 2.05) is 43.5 Å². The third-order valence-electron chi connectivity index (χ3n) is 3.04. The van der Waals surface area contributed by atoms with Gasteiger partial charge in [-0.2, -0.15) is 0 Å². The normalized spacial score (nSPS) is 9.86. The fourth-order valence-corrected chi connectivity index (χ4v) is 2.78. The molecule has 0 radical (unpaired) electrons. The molecule has 1 aromatic carbocycles. The highest BCUT2D eigenvalue weighted by Gasteiger charge is 2.09. The molecule has 1 amide bonds. The second kappa shape index (κ2) is 7.07. The number of hydrogen-bond donors (Lipinski definition) is 2. The quantitative estimate of drug-likeness (QED) is 0.856. The molecule has 21 heavy (non-hydrogen) atoms. The Balaban J connectivity index is 1.99. The first-order valence-corrected chi connectivity index (χ1v) is 7.60. The van der Waals surface area contributed by atoms with E-state index < -0.39 is 0 Å². The Labute approximate surface area is 129 Å². The smallest absolute Gasteiger partial charge is 0.251 e. The van der Waals surface area contributed by atoms with Crippen LogP contribution in [0.4, 0.5) is 0 Å². The first kappa shape index (κ1) is 15.3. The minimum absolute atomic E-state index is 0.0458. The lowest BCUT2D eigenvalue weighted by Gasteiger charge is -2.07. The first-order chi connectivity index (χ1) is 10.1. The predicted octanol–water partition coefficient (Wildman–Crippen LogP) is 2.61. The van der Waals surface area contributed by atoms with Crippen molar-refractivity contribution in [2.24, 2.45) is 5.73 Å². The van der Waals surface area contributed by atoms with E-state index in [9.17, 15) is 4.79 Å². The molecule has 3 nitrogen and oxygen atoms in total. The van der Waals surface area contributed by atoms with Gasteiger partial charge in [0.05, 0.1) is 13.1 Å². The molecule has 108 valence electrons. The SMILES string of the molecule is Cc1ccc(C(=O)NCc2cc(C#CCN)cs2)c(C)c1. The van der Waals surface area contributed by atoms with Crippen LogP contribution in [0.25, 0.3) is 0 Å². The molecule has 1 heterocycles. The van der Waals surface area contributed by atoms with Gasteiger partial charge in [-0.3, -0.25) is 4.79 Å². The summed E-state index contributed by atoms with van der Waals surface area (Å²) >= 11 is 1.59. The van der Waals surface area contributed by atoms with Crippen LogP contribution in [0.15, 0.2) is 29.6 Å². The van der Waals surface area contributed by atoms with Crippen molar-refractivity contribution < 1.29 is 4.79 Å². The average Bonchev–Trinajstić information content (AvgIpc) is 2.90. The van der Waals surface area contributed by atoms with Crippen molar-refractivity contribution in [3.05, 3.63) is 56.8 Å². The Morgan fingerprint density at radius 2 is 2.14 bits per heavy atom. The maximum atomic E-state index is 12.2. The second-order valence-corrected chi connectivity index (χ2v) is 5.80. The summed E-state index contributed by atoms with van der Waals surface area (Å²) in [5, 5.41) is 4.92. The average molecular weight is 298 g/mol. The van der Waals surface area contributed by atoms with Crippen LogP contribution < -0.4 is 11.1 Å². The number of thiophene rings is 1. The molecular formula is C17H18N2OS. The Hall–Kier alpha value is -2.09. The first-order valence-electron chi connectivity index (χ1n) is 6.72. The van der Waals surface area contributed by atoms with Crippen LogP contribution in [-0.4, -0.2) is 12.5 Å². The zero-order chi connectivity index (χ0) is 15.2. The number of amides is 1. The van der Waals surface area contributed by atoms with Gasteiger partial charge in [-0.15, -0.1) is 11.3 Å². The summed E-state index contributed by atoms with van der Waals surface area (Å²) in [5.41, 5.74) is 9.16. The van der Waals surface area contributed by atoms with Crippen LogP contribution in [0.3, 0.4) is 0 Å². The number of carbonyl (C=O) groups excluding carboxylic acids is 1. The van der Waals surface area contributed by atoms with Gasteiger partial charge >= 0.3 is 0 Å². The van der Waals surface area contributed by atoms with Crippen molar-refractivity contribution in [1.29, 1.82) is 0 Å². The van der Waals surface area contributed by atoms with Gasteiger partial charge < -0.3 is 11.1 Å². The van der Waals surface area contributed by atoms with Crippen molar-refractivity contribution in [3.63, 3.8) is 0 Å². The molecule has 0 aliphatic rings. The Bertz CT molecular complexity index is 707. The summed E-state index contributed by atoms with van der Waals surface area (Å²) in [6, 6.07) is 7.82. The van der Waals surface area contributed by atoms with Gasteiger partial charge in [0, 0.05) is 21.4 Å². The van der Waals surface area contributed by atoms with Crippen LogP contribution in [0.5, 0.6) is 0 Å². The number of nitrogens with two attached hydrogens (primary N) is 1. The molecule has 0 saturated heterocycles. The summed E-state index contributed by atoms with van der Waals surface area (Å²) in [5.74, 6) is 5.75. The van der Waals surface area contributed by atoms with Gasteiger partial charge in [0.2, 0.25) is 0 Å². The molecule has 0 aliphatic heterocycles. The highest BCUT2D eigenvalue weighted by molar-refractivity contribution is 7.10. The van der Waals surface area contributed by atoms with E-state index in [0.717, 1.165) is 27.1 Å². The number of rotatable bonds is 3. The fourth-order valence-electron chi connectivity index (χ4n) is 2.02. The molecule has 2 aromatic rings. The maximum Gasteiger partial charge on any atom is 0.251 e. The van der Waals surface area contributed by atoms with E-state index in [1.165, 1.54) is 0 Å². The van der Waals surface area contributed by atoms with Crippen LogP contribution in [0.2, 0.25) is 0 Å². The van der Waals surface area contributed by atoms with Gasteiger partial charge in [0.25, 0.3) is 5.91 Å². The number of benzene rings is 1. The van der Waals surface area contributed by atoms with E-state index in [2.05, 4.69) is 17.2 Å². The lowest BCUT2D eigenvalue weighted by Crippen LogP contribution is -2.23. The predicted molar refractivity (Wildman–Crippen MR) is 87.3 cm³/mol. The van der Waals surface area contributed by atoms with Gasteiger partial charge in [-0.25, -0.2) is 0 Å². The number of hydrogen-bond acceptors (Lipinski definition) is 3. The van der Waals surface area contributed by atoms with Crippen molar-refractivity contribution in [3.8, 4) is 11.8 Å². The minimum atomic E-state index is -0.0458. The number of carbonyl (C=O) groups is 1. The Morgan fingerprint density at radius 3 is 2.86 bits per heavy atom. The summed E-state index contributed by atoms with van der Waals surface area (Å²) in [7, 11) is 0. The van der Waals surface area contributed by atoms with Crippen LogP contribution >= 0.6 is 11.3 Å². The lowest BCUT2D eigenvalue weighted by atomic mass is 10.1. The second-order valence-electron chi connectivity index (χ2n) is 4.81. The highest BCUT2D eigenvalue weighted by Crippen LogP contribution is 2.15. The van der Waals surface area contributed by atoms with Crippen LogP contribution in [0.1, 0.15) is 31.9 Å². The van der Waals surface area contributed by atoms with E-state index >= 15 is 0 Å². The van der Waals surface area contributed by atoms with E-state index in [1.54, 1.807) is 11.3 Å². The molecule has 0 saturated carbocycles. The molecule has 0 atom stereocenters. The van der Waals surface area contributed by atoms with E-state index in [4.69, 9.17) is 5.73 Å². The minimum Gasteiger partial charge on any atom is -0.347 e. The van der Waals surface area contributed by atoms with Gasteiger partial charge in [0.1, 0.15) is 0 Å². The molecule has 3 N–H and O–H groups in total. The van der Waals surface area contributed by atoms with E-state index in [0.29, 0.717) is 13.1 Å². The van der Waals surface area contributed by atoms with Gasteiger partial charge in [-0.05, 0) is 31.5 Å². The zero-order valence-electron chi connectivity index (χ0n) is 12.2. The topological polar surface area (TPSA) is 55.1 Å². The third-order valence-corrected chi connectivity index (χ3v) is 3.97. The van der Waals surface area contributed by atoms with Crippen molar-refractivity contribution >= 4 is 17.2 Å². The fraction of sp³-hybridized carbons (Fsp3) is 0.235. The monoisotopic (exact) mass is 298 g/mol. The molecular weight excluding hydrogens is 280 g/mol. The van der Waals surface area contributed by atoms with Crippen molar-refractivity contribution in [2.45, 2.75) is 20.4 Å². The molecule has 0 aliphatic carbocycles. The van der Waals surface area contributed by atoms with Crippen molar-refractivity contribution in [2.75, 3.05) is 6.54 Å². The van der Waals surface area contributed by atoms with Crippen LogP contribution in [0, 0.1) is 25.7 Å². The summed E-state index contributed by atoms with van der Waals surface area (Å²) in [6.07, 6.45) is 0. The molecule has 0 unspecified atom stereocenters. The molecule has 4 heteroatoms. The van der Waals surface area contributed by atoms with Gasteiger partial charge in [-0.1, -0.05) is 29.5 Å². The molecule has 2 rings (SSSR count). The largest absolute Gasteiger partial charge is 0.347 e. The molecule has 1 aromatic heterocycles. The zero-order valence-corrected chi connectivity index (χ0v) is 13.0. The van der Waals surface area contributed by atoms with Gasteiger partial charge in [0.15, 0.2) is 0 Å². The molecule has 0 fully saturated rings. The molecule has 0 spiro atoms. The summed E-state index contributed by atoms with van der Waals surface area (Å²) in [6.45, 7) is 4.84. The summed E-state index contributed by atoms with van der Waals surface area (Å²) < 4.78 is 0. The standard InChI is InChI=1S/C17H18N2OS/c1-12-5-6-16(13(2)8-12)17(20)19-10-15-9-14(11-21-15)4-3-7-18/h5-6,8-9,11H,7,10,18H2,1-2H3,(H,19,20). The highest BCUT2D eigenvalue weighted by atomic mass is 32.1. The maximum absolute atomic E-state index is 12.2. The number of aryl methyl sites for hydroxylation is 2. The van der Waals surface area contributed by atoms with E-state index in [-0.39, 0.29) is 5.91 Å². The summed E-state index contributed by atoms with van der Waals surface area (Å²) in [4.78, 5) is 13.3. The molecule has 0 bridgehead atoms. The Kier molecular flexibility index (Phi) is 5.15. The Morgan fingerprint density at radius 1 is 1.33 bits per heavy atom. The number of nitrogens with one attached hydrogen (secondary N) is 1.